The van der Waals surface area contributed by atoms with Gasteiger partial charge in [-0.1, -0.05) is 60.2 Å². The molecular formula is C25H22N2O3S2. The largest absolute Gasteiger partial charge is 0.326 e. The van der Waals surface area contributed by atoms with Crippen LogP contribution in [0.4, 0.5) is 5.69 Å². The monoisotopic (exact) mass is 462 g/mol. The Morgan fingerprint density at radius 2 is 1.56 bits per heavy atom. The van der Waals surface area contributed by atoms with Gasteiger partial charge in [-0.25, -0.2) is 13.4 Å². The van der Waals surface area contributed by atoms with Crippen LogP contribution in [0.15, 0.2) is 83.8 Å². The molecule has 1 aromatic heterocycles. The average molecular weight is 463 g/mol. The highest BCUT2D eigenvalue weighted by molar-refractivity contribution is 7.90. The van der Waals surface area contributed by atoms with Gasteiger partial charge in [-0.15, -0.1) is 11.3 Å². The van der Waals surface area contributed by atoms with Crippen molar-refractivity contribution in [1.29, 1.82) is 0 Å². The number of benzene rings is 3. The van der Waals surface area contributed by atoms with Gasteiger partial charge in [0.05, 0.1) is 21.9 Å². The van der Waals surface area contributed by atoms with Gasteiger partial charge in [0.2, 0.25) is 5.91 Å². The van der Waals surface area contributed by atoms with Crippen molar-refractivity contribution < 1.29 is 13.2 Å². The average Bonchev–Trinajstić information content (AvgIpc) is 3.18. The van der Waals surface area contributed by atoms with E-state index in [1.165, 1.54) is 17.7 Å². The lowest BCUT2D eigenvalue weighted by Crippen LogP contribution is -2.15. The minimum atomic E-state index is -3.28. The van der Waals surface area contributed by atoms with E-state index in [2.05, 4.69) is 5.32 Å². The van der Waals surface area contributed by atoms with Gasteiger partial charge >= 0.3 is 0 Å². The molecule has 32 heavy (non-hydrogen) atoms. The molecule has 0 aliphatic heterocycles. The molecule has 5 nitrogen and oxygen atoms in total. The number of hydrogen-bond acceptors (Lipinski definition) is 5. The van der Waals surface area contributed by atoms with Crippen LogP contribution in [0.25, 0.3) is 21.0 Å². The van der Waals surface area contributed by atoms with Gasteiger partial charge in [-0.2, -0.15) is 0 Å². The third-order valence-electron chi connectivity index (χ3n) is 4.93. The molecule has 0 spiro atoms. The van der Waals surface area contributed by atoms with Crippen molar-refractivity contribution in [2.75, 3.05) is 11.6 Å². The molecule has 4 aromatic rings. The minimum Gasteiger partial charge on any atom is -0.326 e. The highest BCUT2D eigenvalue weighted by atomic mass is 32.2. The standard InChI is InChI=1S/C25H22N2O3S2/c1-17-8-10-18(11-9-17)24-22(27-25(31-24)19-6-4-3-5-7-19)16-23(28)26-20-12-14-21(15-13-20)32(2,29)30/h3-15H,16H2,1-2H3,(H,26,28). The van der Waals surface area contributed by atoms with Crippen molar-refractivity contribution in [3.05, 3.63) is 90.1 Å². The van der Waals surface area contributed by atoms with Crippen LogP contribution < -0.4 is 5.32 Å². The first-order chi connectivity index (χ1) is 15.3. The van der Waals surface area contributed by atoms with Gasteiger partial charge < -0.3 is 5.32 Å². The number of aryl methyl sites for hydroxylation is 1. The second kappa shape index (κ2) is 9.06. The lowest BCUT2D eigenvalue weighted by atomic mass is 10.1. The molecule has 1 amide bonds. The van der Waals surface area contributed by atoms with Gasteiger partial charge in [-0.3, -0.25) is 4.79 Å². The van der Waals surface area contributed by atoms with Crippen molar-refractivity contribution in [2.45, 2.75) is 18.2 Å². The normalized spacial score (nSPS) is 11.3. The van der Waals surface area contributed by atoms with Crippen molar-refractivity contribution in [2.24, 2.45) is 0 Å². The molecule has 7 heteroatoms. The third-order valence-corrected chi connectivity index (χ3v) is 7.25. The number of anilines is 1. The van der Waals surface area contributed by atoms with Crippen LogP contribution in [0, 0.1) is 6.92 Å². The number of hydrogen-bond donors (Lipinski definition) is 1. The summed E-state index contributed by atoms with van der Waals surface area (Å²) in [6.07, 6.45) is 1.26. The second-order valence-electron chi connectivity index (χ2n) is 7.55. The molecule has 0 atom stereocenters. The van der Waals surface area contributed by atoms with E-state index in [9.17, 15) is 13.2 Å². The summed E-state index contributed by atoms with van der Waals surface area (Å²) < 4.78 is 23.3. The first-order valence-corrected chi connectivity index (χ1v) is 12.7. The number of amides is 1. The number of rotatable bonds is 6. The van der Waals surface area contributed by atoms with E-state index in [1.54, 1.807) is 23.5 Å². The Bertz CT molecular complexity index is 1340. The van der Waals surface area contributed by atoms with Gasteiger partial charge in [0.15, 0.2) is 9.84 Å². The summed E-state index contributed by atoms with van der Waals surface area (Å²) in [7, 11) is -3.28. The molecule has 1 N–H and O–H groups in total. The van der Waals surface area contributed by atoms with E-state index in [1.807, 2.05) is 61.5 Å². The van der Waals surface area contributed by atoms with Crippen LogP contribution in [0.1, 0.15) is 11.3 Å². The fourth-order valence-corrected chi connectivity index (χ4v) is 4.97. The summed E-state index contributed by atoms with van der Waals surface area (Å²) >= 11 is 1.57. The number of aromatic nitrogens is 1. The molecular weight excluding hydrogens is 440 g/mol. The Kier molecular flexibility index (Phi) is 6.21. The van der Waals surface area contributed by atoms with E-state index >= 15 is 0 Å². The Balaban J connectivity index is 1.61. The van der Waals surface area contributed by atoms with Crippen LogP contribution in [0.5, 0.6) is 0 Å². The molecule has 0 saturated heterocycles. The predicted molar refractivity (Wildman–Crippen MR) is 130 cm³/mol. The third kappa shape index (κ3) is 5.12. The molecule has 0 unspecified atom stereocenters. The zero-order valence-electron chi connectivity index (χ0n) is 17.7. The molecule has 1 heterocycles. The van der Waals surface area contributed by atoms with Crippen molar-refractivity contribution in [1.82, 2.24) is 4.98 Å². The van der Waals surface area contributed by atoms with Crippen LogP contribution >= 0.6 is 11.3 Å². The minimum absolute atomic E-state index is 0.111. The summed E-state index contributed by atoms with van der Waals surface area (Å²) in [6, 6.07) is 24.2. The summed E-state index contributed by atoms with van der Waals surface area (Å²) in [6.45, 7) is 2.04. The number of thiazole rings is 1. The van der Waals surface area contributed by atoms with Crippen molar-refractivity contribution >= 4 is 32.8 Å². The van der Waals surface area contributed by atoms with Crippen LogP contribution in [-0.2, 0) is 21.1 Å². The van der Waals surface area contributed by atoms with E-state index in [4.69, 9.17) is 4.98 Å². The fraction of sp³-hybridized carbons (Fsp3) is 0.120. The fourth-order valence-electron chi connectivity index (χ4n) is 3.25. The quantitative estimate of drug-likeness (QED) is 0.418. The molecule has 162 valence electrons. The number of nitrogens with zero attached hydrogens (tertiary/aromatic N) is 1. The molecule has 0 aliphatic carbocycles. The smallest absolute Gasteiger partial charge is 0.230 e. The van der Waals surface area contributed by atoms with Gasteiger partial charge in [0, 0.05) is 17.5 Å². The van der Waals surface area contributed by atoms with Crippen LogP contribution in [0.2, 0.25) is 0 Å². The predicted octanol–water partition coefficient (Wildman–Crippen LogP) is 5.37. The lowest BCUT2D eigenvalue weighted by molar-refractivity contribution is -0.115. The number of nitrogens with one attached hydrogen (secondary N) is 1. The van der Waals surface area contributed by atoms with E-state index < -0.39 is 9.84 Å². The number of sulfone groups is 1. The zero-order valence-corrected chi connectivity index (χ0v) is 19.3. The van der Waals surface area contributed by atoms with Crippen molar-refractivity contribution in [3.63, 3.8) is 0 Å². The van der Waals surface area contributed by atoms with E-state index in [0.717, 1.165) is 27.3 Å². The molecule has 0 bridgehead atoms. The summed E-state index contributed by atoms with van der Waals surface area (Å²) in [5.74, 6) is -0.213. The molecule has 0 aliphatic rings. The van der Waals surface area contributed by atoms with Crippen LogP contribution in [0.3, 0.4) is 0 Å². The summed E-state index contributed by atoms with van der Waals surface area (Å²) in [5.41, 5.74) is 4.45. The highest BCUT2D eigenvalue weighted by Gasteiger charge is 2.17. The first kappa shape index (κ1) is 21.9. The van der Waals surface area contributed by atoms with Crippen LogP contribution in [-0.4, -0.2) is 25.6 Å². The van der Waals surface area contributed by atoms with Gasteiger partial charge in [0.25, 0.3) is 0 Å². The Morgan fingerprint density at radius 3 is 2.19 bits per heavy atom. The molecule has 0 radical (unpaired) electrons. The maximum Gasteiger partial charge on any atom is 0.230 e. The summed E-state index contributed by atoms with van der Waals surface area (Å²) in [5, 5.41) is 3.70. The van der Waals surface area contributed by atoms with E-state index in [0.29, 0.717) is 11.4 Å². The molecule has 4 rings (SSSR count). The van der Waals surface area contributed by atoms with E-state index in [-0.39, 0.29) is 17.2 Å². The Hall–Kier alpha value is -3.29. The SMILES string of the molecule is Cc1ccc(-c2sc(-c3ccccc3)nc2CC(=O)Nc2ccc(S(C)(=O)=O)cc2)cc1. The van der Waals surface area contributed by atoms with Gasteiger partial charge in [-0.05, 0) is 36.8 Å². The Labute approximate surface area is 191 Å². The maximum atomic E-state index is 12.8. The molecule has 3 aromatic carbocycles. The summed E-state index contributed by atoms with van der Waals surface area (Å²) in [4.78, 5) is 18.7. The van der Waals surface area contributed by atoms with Gasteiger partial charge in [0.1, 0.15) is 5.01 Å². The number of carbonyl (C=O) groups excluding carboxylic acids is 1. The molecule has 0 saturated carbocycles. The maximum absolute atomic E-state index is 12.8. The second-order valence-corrected chi connectivity index (χ2v) is 10.6. The topological polar surface area (TPSA) is 76.1 Å². The molecule has 0 fully saturated rings. The number of carbonyl (C=O) groups is 1. The lowest BCUT2D eigenvalue weighted by Gasteiger charge is -2.07. The highest BCUT2D eigenvalue weighted by Crippen LogP contribution is 2.36. The van der Waals surface area contributed by atoms with Crippen molar-refractivity contribution in [3.8, 4) is 21.0 Å². The zero-order chi connectivity index (χ0) is 22.7. The Morgan fingerprint density at radius 1 is 0.906 bits per heavy atom. The first-order valence-electron chi connectivity index (χ1n) is 10.0.